The molecule has 1 heteroatoms. The number of hydrogen-bond donors (Lipinski definition) is 1. The van der Waals surface area contributed by atoms with Crippen LogP contribution in [0.3, 0.4) is 0 Å². The quantitative estimate of drug-likeness (QED) is 0.362. The number of hydrogen-bond acceptors (Lipinski definition) is 1. The first-order valence-electron chi connectivity index (χ1n) is 6.51. The Balaban J connectivity index is 5.56. The standard InChI is InChI=1S/C17H28S/c1-9-10-13(4)16(18)11-15(12(2)3)14(5)17(6,7)8/h9-11,13,18H,2H2,1,3-8H3/b10-9-,15-14-,16-11-. The van der Waals surface area contributed by atoms with Gasteiger partial charge < -0.3 is 0 Å². The van der Waals surface area contributed by atoms with E-state index in [1.54, 1.807) is 0 Å². The second kappa shape index (κ2) is 7.04. The zero-order valence-electron chi connectivity index (χ0n) is 13.0. The van der Waals surface area contributed by atoms with Crippen LogP contribution >= 0.6 is 12.6 Å². The molecular formula is C17H28S. The molecule has 18 heavy (non-hydrogen) atoms. The van der Waals surface area contributed by atoms with Gasteiger partial charge in [0.1, 0.15) is 0 Å². The molecule has 0 fully saturated rings. The maximum atomic E-state index is 4.62. The van der Waals surface area contributed by atoms with Gasteiger partial charge in [-0.15, -0.1) is 12.6 Å². The van der Waals surface area contributed by atoms with Gasteiger partial charge in [-0.2, -0.15) is 0 Å². The van der Waals surface area contributed by atoms with Gasteiger partial charge >= 0.3 is 0 Å². The molecule has 0 saturated heterocycles. The van der Waals surface area contributed by atoms with Crippen LogP contribution < -0.4 is 0 Å². The van der Waals surface area contributed by atoms with E-state index in [4.69, 9.17) is 0 Å². The first-order valence-corrected chi connectivity index (χ1v) is 6.96. The summed E-state index contributed by atoms with van der Waals surface area (Å²) in [6, 6.07) is 0. The summed E-state index contributed by atoms with van der Waals surface area (Å²) in [7, 11) is 0. The summed E-state index contributed by atoms with van der Waals surface area (Å²) in [5, 5.41) is 0. The van der Waals surface area contributed by atoms with Gasteiger partial charge in [0.15, 0.2) is 0 Å². The van der Waals surface area contributed by atoms with Crippen LogP contribution in [0.25, 0.3) is 0 Å². The van der Waals surface area contributed by atoms with Gasteiger partial charge in [-0.25, -0.2) is 0 Å². The summed E-state index contributed by atoms with van der Waals surface area (Å²) in [4.78, 5) is 1.08. The fourth-order valence-corrected chi connectivity index (χ4v) is 1.84. The van der Waals surface area contributed by atoms with E-state index in [1.807, 2.05) is 6.92 Å². The van der Waals surface area contributed by atoms with Gasteiger partial charge in [-0.3, -0.25) is 0 Å². The molecule has 0 aliphatic rings. The Morgan fingerprint density at radius 2 is 1.72 bits per heavy atom. The van der Waals surface area contributed by atoms with Crippen LogP contribution in [0.2, 0.25) is 0 Å². The molecule has 0 aliphatic heterocycles. The summed E-state index contributed by atoms with van der Waals surface area (Å²) in [5.41, 5.74) is 3.84. The van der Waals surface area contributed by atoms with Crippen LogP contribution in [-0.2, 0) is 0 Å². The molecule has 0 saturated carbocycles. The molecule has 0 rings (SSSR count). The molecule has 102 valence electrons. The lowest BCUT2D eigenvalue weighted by atomic mass is 9.82. The highest BCUT2D eigenvalue weighted by Gasteiger charge is 2.17. The first kappa shape index (κ1) is 17.3. The summed E-state index contributed by atoms with van der Waals surface area (Å²) >= 11 is 4.62. The Morgan fingerprint density at radius 1 is 1.22 bits per heavy atom. The summed E-state index contributed by atoms with van der Waals surface area (Å²) < 4.78 is 0. The van der Waals surface area contributed by atoms with Gasteiger partial charge in [0.05, 0.1) is 0 Å². The zero-order valence-corrected chi connectivity index (χ0v) is 13.9. The van der Waals surface area contributed by atoms with E-state index in [1.165, 1.54) is 11.1 Å². The molecule has 1 unspecified atom stereocenters. The van der Waals surface area contributed by atoms with Gasteiger partial charge in [0, 0.05) is 5.92 Å². The van der Waals surface area contributed by atoms with Crippen molar-refractivity contribution >= 4 is 12.6 Å². The molecule has 0 spiro atoms. The maximum Gasteiger partial charge on any atom is 0.00470 e. The van der Waals surface area contributed by atoms with Crippen LogP contribution in [0, 0.1) is 11.3 Å². The maximum absolute atomic E-state index is 4.62. The van der Waals surface area contributed by atoms with Crippen molar-refractivity contribution < 1.29 is 0 Å². The molecule has 1 atom stereocenters. The van der Waals surface area contributed by atoms with E-state index >= 15 is 0 Å². The van der Waals surface area contributed by atoms with E-state index in [0.717, 1.165) is 10.5 Å². The molecule has 0 heterocycles. The smallest absolute Gasteiger partial charge is 0.00470 e. The van der Waals surface area contributed by atoms with Crippen LogP contribution in [-0.4, -0.2) is 0 Å². The van der Waals surface area contributed by atoms with Crippen LogP contribution in [0.1, 0.15) is 48.5 Å². The van der Waals surface area contributed by atoms with Crippen molar-refractivity contribution in [1.29, 1.82) is 0 Å². The average molecular weight is 264 g/mol. The van der Waals surface area contributed by atoms with Crippen molar-refractivity contribution in [3.8, 4) is 0 Å². The first-order chi connectivity index (χ1) is 8.11. The second-order valence-electron chi connectivity index (χ2n) is 5.95. The van der Waals surface area contributed by atoms with E-state index in [9.17, 15) is 0 Å². The van der Waals surface area contributed by atoms with E-state index in [0.29, 0.717) is 5.92 Å². The third-order valence-corrected chi connectivity index (χ3v) is 3.77. The van der Waals surface area contributed by atoms with E-state index < -0.39 is 0 Å². The van der Waals surface area contributed by atoms with E-state index in [2.05, 4.69) is 79.0 Å². The highest BCUT2D eigenvalue weighted by molar-refractivity contribution is 7.84. The molecule has 0 aromatic rings. The molecule has 0 aromatic heterocycles. The van der Waals surface area contributed by atoms with E-state index in [-0.39, 0.29) is 5.41 Å². The fraction of sp³-hybridized carbons (Fsp3) is 0.529. The molecule has 0 aromatic carbocycles. The minimum atomic E-state index is 0.155. The Bertz CT molecular complexity index is 386. The zero-order chi connectivity index (χ0) is 14.5. The molecule has 0 aliphatic carbocycles. The normalized spacial score (nSPS) is 16.8. The molecule has 0 N–H and O–H groups in total. The van der Waals surface area contributed by atoms with Crippen molar-refractivity contribution in [1.82, 2.24) is 0 Å². The third-order valence-electron chi connectivity index (χ3n) is 3.23. The monoisotopic (exact) mass is 264 g/mol. The lowest BCUT2D eigenvalue weighted by Crippen LogP contribution is -2.09. The van der Waals surface area contributed by atoms with Crippen LogP contribution in [0.4, 0.5) is 0 Å². The van der Waals surface area contributed by atoms with Crippen molar-refractivity contribution in [3.63, 3.8) is 0 Å². The van der Waals surface area contributed by atoms with Crippen LogP contribution in [0.15, 0.2) is 46.4 Å². The van der Waals surface area contributed by atoms with Crippen molar-refractivity contribution in [2.75, 3.05) is 0 Å². The molecule has 0 amide bonds. The Kier molecular flexibility index (Phi) is 6.77. The Hall–Kier alpha value is -0.690. The lowest BCUT2D eigenvalue weighted by Gasteiger charge is -2.23. The molecular weight excluding hydrogens is 236 g/mol. The Morgan fingerprint density at radius 3 is 2.06 bits per heavy atom. The van der Waals surface area contributed by atoms with Crippen molar-refractivity contribution in [3.05, 3.63) is 46.4 Å². The predicted octanol–water partition coefficient (Wildman–Crippen LogP) is 5.95. The summed E-state index contributed by atoms with van der Waals surface area (Å²) in [6.07, 6.45) is 6.38. The lowest BCUT2D eigenvalue weighted by molar-refractivity contribution is 0.500. The SMILES string of the molecule is C=C(C)C(/C=C(\S)C(C)/C=C\C)=C(/C)C(C)(C)C. The molecule has 0 bridgehead atoms. The van der Waals surface area contributed by atoms with Crippen molar-refractivity contribution in [2.24, 2.45) is 11.3 Å². The van der Waals surface area contributed by atoms with Crippen LogP contribution in [0.5, 0.6) is 0 Å². The van der Waals surface area contributed by atoms with Gasteiger partial charge in [-0.05, 0) is 42.7 Å². The third kappa shape index (κ3) is 5.30. The minimum Gasteiger partial charge on any atom is -0.147 e. The fourth-order valence-electron chi connectivity index (χ4n) is 1.62. The van der Waals surface area contributed by atoms with Gasteiger partial charge in [0.25, 0.3) is 0 Å². The predicted molar refractivity (Wildman–Crippen MR) is 88.0 cm³/mol. The number of thiol groups is 1. The Labute approximate surface area is 119 Å². The topological polar surface area (TPSA) is 0 Å². The number of rotatable bonds is 4. The largest absolute Gasteiger partial charge is 0.147 e. The number of allylic oxidation sites excluding steroid dienone is 7. The summed E-state index contributed by atoms with van der Waals surface area (Å²) in [6.45, 7) is 19.2. The minimum absolute atomic E-state index is 0.155. The van der Waals surface area contributed by atoms with Crippen molar-refractivity contribution in [2.45, 2.75) is 48.5 Å². The highest BCUT2D eigenvalue weighted by atomic mass is 32.1. The average Bonchev–Trinajstić information content (AvgIpc) is 2.23. The van der Waals surface area contributed by atoms with Gasteiger partial charge in [0.2, 0.25) is 0 Å². The highest BCUT2D eigenvalue weighted by Crippen LogP contribution is 2.32. The summed E-state index contributed by atoms with van der Waals surface area (Å²) in [5.74, 6) is 0.348. The van der Waals surface area contributed by atoms with Gasteiger partial charge in [-0.1, -0.05) is 57.6 Å². The molecule has 0 nitrogen and oxygen atoms in total. The second-order valence-corrected chi connectivity index (χ2v) is 6.47. The molecule has 0 radical (unpaired) electrons.